The summed E-state index contributed by atoms with van der Waals surface area (Å²) in [4.78, 5) is 1.69. The summed E-state index contributed by atoms with van der Waals surface area (Å²) in [5.74, 6) is -1.74. The molecule has 0 spiro atoms. The summed E-state index contributed by atoms with van der Waals surface area (Å²) < 4.78 is 26.2. The van der Waals surface area contributed by atoms with Crippen molar-refractivity contribution in [1.82, 2.24) is 4.90 Å². The average Bonchev–Trinajstić information content (AvgIpc) is 2.54. The van der Waals surface area contributed by atoms with Crippen LogP contribution in [0, 0.1) is 11.6 Å². The van der Waals surface area contributed by atoms with Crippen LogP contribution in [0.4, 0.5) is 8.78 Å². The van der Waals surface area contributed by atoms with E-state index in [1.54, 1.807) is 4.90 Å². The van der Waals surface area contributed by atoms with Gasteiger partial charge in [0.1, 0.15) is 0 Å². The molecule has 1 saturated heterocycles. The van der Waals surface area contributed by atoms with Gasteiger partial charge in [0.15, 0.2) is 11.6 Å². The zero-order valence-corrected chi connectivity index (χ0v) is 8.61. The molecule has 2 N–H and O–H groups in total. The largest absolute Gasteiger partial charge is 0.389 e. The number of aliphatic hydroxyl groups excluding tert-OH is 2. The molecular formula is C11H13F2NO2. The quantitative estimate of drug-likeness (QED) is 0.776. The molecule has 1 aliphatic rings. The molecule has 2 unspecified atom stereocenters. The van der Waals surface area contributed by atoms with Crippen molar-refractivity contribution in [2.24, 2.45) is 0 Å². The van der Waals surface area contributed by atoms with Gasteiger partial charge in [-0.2, -0.15) is 0 Å². The fourth-order valence-corrected chi connectivity index (χ4v) is 1.89. The molecule has 1 aromatic rings. The third-order valence-corrected chi connectivity index (χ3v) is 2.76. The van der Waals surface area contributed by atoms with Gasteiger partial charge in [-0.15, -0.1) is 0 Å². The van der Waals surface area contributed by atoms with Crippen LogP contribution in [0.15, 0.2) is 18.2 Å². The van der Waals surface area contributed by atoms with Gasteiger partial charge in [-0.25, -0.2) is 8.78 Å². The maximum absolute atomic E-state index is 13.3. The summed E-state index contributed by atoms with van der Waals surface area (Å²) in [5.41, 5.74) is 0.237. The third kappa shape index (κ3) is 2.21. The van der Waals surface area contributed by atoms with E-state index in [4.69, 9.17) is 0 Å². The number of aliphatic hydroxyl groups is 2. The highest BCUT2D eigenvalue weighted by molar-refractivity contribution is 5.19. The normalized spacial score (nSPS) is 26.2. The van der Waals surface area contributed by atoms with Crippen LogP contribution >= 0.6 is 0 Å². The van der Waals surface area contributed by atoms with Gasteiger partial charge >= 0.3 is 0 Å². The minimum atomic E-state index is -0.877. The molecule has 3 nitrogen and oxygen atoms in total. The second-order valence-electron chi connectivity index (χ2n) is 4.04. The van der Waals surface area contributed by atoms with Gasteiger partial charge < -0.3 is 10.2 Å². The Morgan fingerprint density at radius 3 is 2.44 bits per heavy atom. The fourth-order valence-electron chi connectivity index (χ4n) is 1.89. The van der Waals surface area contributed by atoms with Gasteiger partial charge in [-0.1, -0.05) is 12.1 Å². The van der Waals surface area contributed by atoms with E-state index < -0.39 is 23.8 Å². The maximum atomic E-state index is 13.3. The smallest absolute Gasteiger partial charge is 0.163 e. The minimum Gasteiger partial charge on any atom is -0.389 e. The van der Waals surface area contributed by atoms with Crippen LogP contribution in [0.2, 0.25) is 0 Å². The van der Waals surface area contributed by atoms with E-state index >= 15 is 0 Å². The maximum Gasteiger partial charge on any atom is 0.163 e. The molecule has 0 radical (unpaired) electrons. The molecule has 0 aromatic heterocycles. The number of likely N-dealkylation sites (tertiary alicyclic amines) is 1. The lowest BCUT2D eigenvalue weighted by atomic mass is 10.2. The lowest BCUT2D eigenvalue weighted by molar-refractivity contribution is 0.0572. The Bertz CT molecular complexity index is 376. The Hall–Kier alpha value is -1.04. The van der Waals surface area contributed by atoms with E-state index in [0.717, 1.165) is 6.07 Å². The summed E-state index contributed by atoms with van der Waals surface area (Å²) in [6, 6.07) is 4.00. The van der Waals surface area contributed by atoms with E-state index in [1.807, 2.05) is 0 Å². The number of halogens is 2. The van der Waals surface area contributed by atoms with Crippen molar-refractivity contribution < 1.29 is 19.0 Å². The van der Waals surface area contributed by atoms with Crippen LogP contribution in [-0.2, 0) is 6.54 Å². The Morgan fingerprint density at radius 1 is 1.19 bits per heavy atom. The molecule has 1 heterocycles. The van der Waals surface area contributed by atoms with E-state index in [1.165, 1.54) is 12.1 Å². The summed E-state index contributed by atoms with van der Waals surface area (Å²) in [6.07, 6.45) is -1.62. The lowest BCUT2D eigenvalue weighted by Crippen LogP contribution is -2.22. The Kier molecular flexibility index (Phi) is 3.18. The monoisotopic (exact) mass is 229 g/mol. The van der Waals surface area contributed by atoms with Gasteiger partial charge in [0.25, 0.3) is 0 Å². The third-order valence-electron chi connectivity index (χ3n) is 2.76. The van der Waals surface area contributed by atoms with Crippen LogP contribution in [0.5, 0.6) is 0 Å². The van der Waals surface area contributed by atoms with Gasteiger partial charge in [0, 0.05) is 25.2 Å². The average molecular weight is 229 g/mol. The van der Waals surface area contributed by atoms with Gasteiger partial charge in [0.2, 0.25) is 0 Å². The first-order valence-electron chi connectivity index (χ1n) is 5.09. The van der Waals surface area contributed by atoms with Crippen LogP contribution in [0.3, 0.4) is 0 Å². The van der Waals surface area contributed by atoms with E-state index in [0.29, 0.717) is 0 Å². The van der Waals surface area contributed by atoms with Crippen LogP contribution in [0.1, 0.15) is 5.56 Å². The first-order valence-corrected chi connectivity index (χ1v) is 5.09. The summed E-state index contributed by atoms with van der Waals surface area (Å²) in [7, 11) is 0. The molecule has 0 amide bonds. The number of β-amino-alcohol motifs (C(OH)–C–C–N with tert-alkyl or cyclic N) is 2. The molecule has 0 saturated carbocycles. The number of rotatable bonds is 2. The topological polar surface area (TPSA) is 43.7 Å². The van der Waals surface area contributed by atoms with E-state index in [9.17, 15) is 19.0 Å². The standard InChI is InChI=1S/C11H13F2NO2/c12-8-3-1-2-7(11(8)13)4-14-5-9(15)10(16)6-14/h1-3,9-10,15-16H,4-6H2. The molecule has 5 heteroatoms. The number of hydrogen-bond acceptors (Lipinski definition) is 3. The van der Waals surface area contributed by atoms with Crippen molar-refractivity contribution in [3.8, 4) is 0 Å². The van der Waals surface area contributed by atoms with Crippen molar-refractivity contribution in [3.63, 3.8) is 0 Å². The predicted molar refractivity (Wildman–Crippen MR) is 53.6 cm³/mol. The predicted octanol–water partition coefficient (Wildman–Crippen LogP) is 0.502. The molecule has 1 aromatic carbocycles. The second kappa shape index (κ2) is 4.45. The minimum absolute atomic E-state index is 0.192. The van der Waals surface area contributed by atoms with Crippen LogP contribution in [-0.4, -0.2) is 40.4 Å². The first kappa shape index (κ1) is 11.4. The highest BCUT2D eigenvalue weighted by Crippen LogP contribution is 2.17. The van der Waals surface area contributed by atoms with Gasteiger partial charge in [0.05, 0.1) is 12.2 Å². The summed E-state index contributed by atoms with van der Waals surface area (Å²) in [6.45, 7) is 0.742. The molecule has 1 fully saturated rings. The molecule has 1 aliphatic heterocycles. The van der Waals surface area contributed by atoms with E-state index in [2.05, 4.69) is 0 Å². The van der Waals surface area contributed by atoms with E-state index in [-0.39, 0.29) is 25.2 Å². The zero-order valence-electron chi connectivity index (χ0n) is 8.61. The van der Waals surface area contributed by atoms with Crippen molar-refractivity contribution in [3.05, 3.63) is 35.4 Å². The molecule has 2 rings (SSSR count). The molecule has 0 bridgehead atoms. The van der Waals surface area contributed by atoms with Crippen LogP contribution < -0.4 is 0 Å². The number of nitrogens with zero attached hydrogens (tertiary/aromatic N) is 1. The first-order chi connectivity index (χ1) is 7.58. The van der Waals surface area contributed by atoms with Crippen molar-refractivity contribution in [1.29, 1.82) is 0 Å². The van der Waals surface area contributed by atoms with Crippen molar-refractivity contribution in [2.75, 3.05) is 13.1 Å². The number of benzene rings is 1. The number of hydrogen-bond donors (Lipinski definition) is 2. The van der Waals surface area contributed by atoms with Crippen molar-refractivity contribution in [2.45, 2.75) is 18.8 Å². The molecule has 0 aliphatic carbocycles. The summed E-state index contributed by atoms with van der Waals surface area (Å²) >= 11 is 0. The lowest BCUT2D eigenvalue weighted by Gasteiger charge is -2.15. The molecular weight excluding hydrogens is 216 g/mol. The SMILES string of the molecule is OC1CN(Cc2cccc(F)c2F)CC1O. The highest BCUT2D eigenvalue weighted by atomic mass is 19.2. The van der Waals surface area contributed by atoms with Gasteiger partial charge in [-0.3, -0.25) is 4.90 Å². The molecule has 2 atom stereocenters. The second-order valence-corrected chi connectivity index (χ2v) is 4.04. The molecule has 88 valence electrons. The van der Waals surface area contributed by atoms with Crippen molar-refractivity contribution >= 4 is 0 Å². The summed E-state index contributed by atoms with van der Waals surface area (Å²) in [5, 5.41) is 18.6. The van der Waals surface area contributed by atoms with Crippen LogP contribution in [0.25, 0.3) is 0 Å². The fraction of sp³-hybridized carbons (Fsp3) is 0.455. The van der Waals surface area contributed by atoms with Gasteiger partial charge in [-0.05, 0) is 6.07 Å². The Balaban J connectivity index is 2.08. The highest BCUT2D eigenvalue weighted by Gasteiger charge is 2.29. The Morgan fingerprint density at radius 2 is 1.81 bits per heavy atom. The molecule has 16 heavy (non-hydrogen) atoms. The zero-order chi connectivity index (χ0) is 11.7. The Labute approximate surface area is 91.9 Å².